The Morgan fingerprint density at radius 2 is 1.97 bits per heavy atom. The lowest BCUT2D eigenvalue weighted by atomic mass is 10.2. The van der Waals surface area contributed by atoms with Crippen LogP contribution < -0.4 is 14.3 Å². The lowest BCUT2D eigenvalue weighted by Crippen LogP contribution is -2.11. The van der Waals surface area contributed by atoms with Gasteiger partial charge in [0.25, 0.3) is 0 Å². The zero-order chi connectivity index (χ0) is 21.6. The van der Waals surface area contributed by atoms with Gasteiger partial charge < -0.3 is 13.9 Å². The Morgan fingerprint density at radius 1 is 1.13 bits per heavy atom. The molecule has 4 rings (SSSR count). The lowest BCUT2D eigenvalue weighted by Gasteiger charge is -2.11. The highest BCUT2D eigenvalue weighted by Crippen LogP contribution is 2.28. The summed E-state index contributed by atoms with van der Waals surface area (Å²) in [4.78, 5) is 5.02. The fraction of sp³-hybridized carbons (Fsp3) is 0.130. The van der Waals surface area contributed by atoms with Crippen molar-refractivity contribution in [2.45, 2.75) is 6.61 Å². The number of thiazole rings is 1. The molecule has 2 heterocycles. The van der Waals surface area contributed by atoms with Crippen molar-refractivity contribution in [3.63, 3.8) is 0 Å². The number of hydrogen-bond acceptors (Lipinski definition) is 6. The highest BCUT2D eigenvalue weighted by atomic mass is 32.1. The van der Waals surface area contributed by atoms with E-state index in [4.69, 9.17) is 13.9 Å². The third kappa shape index (κ3) is 4.75. The SMILES string of the molecule is CN=c1scc(-c2ccco2)n1N=Cc1ccc(OCc2ccc(F)cc2)c(OC)c1. The van der Waals surface area contributed by atoms with Crippen LogP contribution in [0.4, 0.5) is 4.39 Å². The van der Waals surface area contributed by atoms with E-state index in [2.05, 4.69) is 10.1 Å². The van der Waals surface area contributed by atoms with Crippen molar-refractivity contribution < 1.29 is 18.3 Å². The first-order valence-electron chi connectivity index (χ1n) is 9.45. The summed E-state index contributed by atoms with van der Waals surface area (Å²) in [7, 11) is 3.30. The molecule has 0 aliphatic rings. The molecule has 0 saturated heterocycles. The molecular formula is C23H20FN3O3S. The summed E-state index contributed by atoms with van der Waals surface area (Å²) in [6.07, 6.45) is 3.35. The fourth-order valence-electron chi connectivity index (χ4n) is 2.91. The van der Waals surface area contributed by atoms with Crippen molar-refractivity contribution in [3.8, 4) is 23.0 Å². The molecule has 0 fully saturated rings. The predicted octanol–water partition coefficient (Wildman–Crippen LogP) is 4.95. The van der Waals surface area contributed by atoms with Gasteiger partial charge in [-0.3, -0.25) is 4.99 Å². The van der Waals surface area contributed by atoms with Crippen molar-refractivity contribution in [1.82, 2.24) is 4.68 Å². The van der Waals surface area contributed by atoms with Crippen molar-refractivity contribution in [2.75, 3.05) is 14.2 Å². The molecule has 0 amide bonds. The van der Waals surface area contributed by atoms with Crippen molar-refractivity contribution in [1.29, 1.82) is 0 Å². The van der Waals surface area contributed by atoms with E-state index in [1.54, 1.807) is 43.4 Å². The van der Waals surface area contributed by atoms with Crippen LogP contribution in [-0.4, -0.2) is 25.0 Å². The summed E-state index contributed by atoms with van der Waals surface area (Å²) in [6, 6.07) is 15.4. The van der Waals surface area contributed by atoms with Crippen molar-refractivity contribution >= 4 is 17.6 Å². The highest BCUT2D eigenvalue weighted by molar-refractivity contribution is 7.07. The van der Waals surface area contributed by atoms with E-state index in [-0.39, 0.29) is 5.82 Å². The first kappa shape index (κ1) is 20.6. The quantitative estimate of drug-likeness (QED) is 0.385. The minimum atomic E-state index is -0.275. The predicted molar refractivity (Wildman–Crippen MR) is 118 cm³/mol. The van der Waals surface area contributed by atoms with Crippen LogP contribution in [0.3, 0.4) is 0 Å². The molecular weight excluding hydrogens is 417 g/mol. The first-order valence-corrected chi connectivity index (χ1v) is 10.3. The molecule has 31 heavy (non-hydrogen) atoms. The van der Waals surface area contributed by atoms with E-state index in [1.807, 2.05) is 35.7 Å². The number of rotatable bonds is 7. The molecule has 4 aromatic rings. The molecule has 0 atom stereocenters. The van der Waals surface area contributed by atoms with Crippen LogP contribution in [0, 0.1) is 5.82 Å². The number of aromatic nitrogens is 1. The Balaban J connectivity index is 1.55. The molecule has 0 radical (unpaired) electrons. The maximum Gasteiger partial charge on any atom is 0.206 e. The Labute approximate surface area is 182 Å². The fourth-order valence-corrected chi connectivity index (χ4v) is 3.69. The number of hydrogen-bond donors (Lipinski definition) is 0. The summed E-state index contributed by atoms with van der Waals surface area (Å²) in [5.41, 5.74) is 2.51. The summed E-state index contributed by atoms with van der Waals surface area (Å²) in [6.45, 7) is 0.308. The molecule has 0 aliphatic carbocycles. The maximum atomic E-state index is 13.1. The van der Waals surface area contributed by atoms with Crippen LogP contribution in [0.1, 0.15) is 11.1 Å². The van der Waals surface area contributed by atoms with Crippen LogP contribution in [-0.2, 0) is 6.61 Å². The largest absolute Gasteiger partial charge is 0.493 e. The molecule has 2 aromatic heterocycles. The van der Waals surface area contributed by atoms with Crippen LogP contribution in [0.15, 0.2) is 80.8 Å². The van der Waals surface area contributed by atoms with Crippen molar-refractivity contribution in [3.05, 3.63) is 88.0 Å². The molecule has 0 aliphatic heterocycles. The minimum Gasteiger partial charge on any atom is -0.493 e. The van der Waals surface area contributed by atoms with Crippen molar-refractivity contribution in [2.24, 2.45) is 10.1 Å². The van der Waals surface area contributed by atoms with Crippen LogP contribution in [0.2, 0.25) is 0 Å². The Kier molecular flexibility index (Phi) is 6.28. The van der Waals surface area contributed by atoms with Gasteiger partial charge in [-0.05, 0) is 53.6 Å². The standard InChI is InChI=1S/C23H20FN3O3S/c1-25-23-27(19(15-31-23)20-4-3-11-29-20)26-13-17-7-10-21(22(12-17)28-2)30-14-16-5-8-18(24)9-6-16/h3-13,15H,14H2,1-2H3. The number of methoxy groups -OCH3 is 1. The van der Waals surface area contributed by atoms with E-state index in [9.17, 15) is 4.39 Å². The monoisotopic (exact) mass is 437 g/mol. The molecule has 0 spiro atoms. The third-order valence-corrected chi connectivity index (χ3v) is 5.38. The maximum absolute atomic E-state index is 13.1. The van der Waals surface area contributed by atoms with Gasteiger partial charge in [0.2, 0.25) is 4.80 Å². The molecule has 158 valence electrons. The van der Waals surface area contributed by atoms with Gasteiger partial charge in [-0.15, -0.1) is 11.3 Å². The number of furan rings is 1. The van der Waals surface area contributed by atoms with Crippen LogP contribution in [0.25, 0.3) is 11.5 Å². The Hall–Kier alpha value is -3.65. The van der Waals surface area contributed by atoms with Gasteiger partial charge in [0.05, 0.1) is 19.6 Å². The van der Waals surface area contributed by atoms with E-state index in [0.29, 0.717) is 23.9 Å². The van der Waals surface area contributed by atoms with Gasteiger partial charge in [0, 0.05) is 12.4 Å². The van der Waals surface area contributed by atoms with E-state index >= 15 is 0 Å². The van der Waals surface area contributed by atoms with E-state index in [1.165, 1.54) is 23.5 Å². The molecule has 2 aromatic carbocycles. The van der Waals surface area contributed by atoms with E-state index in [0.717, 1.165) is 21.6 Å². The number of nitrogens with zero attached hydrogens (tertiary/aromatic N) is 3. The Morgan fingerprint density at radius 3 is 2.68 bits per heavy atom. The van der Waals surface area contributed by atoms with Gasteiger partial charge in [0.1, 0.15) is 18.1 Å². The molecule has 8 heteroatoms. The Bertz CT molecular complexity index is 1240. The van der Waals surface area contributed by atoms with E-state index < -0.39 is 0 Å². The second-order valence-electron chi connectivity index (χ2n) is 6.49. The lowest BCUT2D eigenvalue weighted by molar-refractivity contribution is 0.284. The van der Waals surface area contributed by atoms with Gasteiger partial charge in [-0.25, -0.2) is 9.07 Å². The zero-order valence-corrected chi connectivity index (χ0v) is 17.8. The summed E-state index contributed by atoms with van der Waals surface area (Å²) >= 11 is 1.48. The number of benzene rings is 2. The molecule has 0 unspecified atom stereocenters. The summed E-state index contributed by atoms with van der Waals surface area (Å²) in [5, 5.41) is 6.54. The van der Waals surface area contributed by atoms with Crippen LogP contribution >= 0.6 is 11.3 Å². The molecule has 0 saturated carbocycles. The third-order valence-electron chi connectivity index (χ3n) is 4.47. The summed E-state index contributed by atoms with van der Waals surface area (Å²) < 4.78 is 31.6. The van der Waals surface area contributed by atoms with Gasteiger partial charge in [0.15, 0.2) is 17.3 Å². The second kappa shape index (κ2) is 9.44. The normalized spacial score (nSPS) is 11.9. The first-order chi connectivity index (χ1) is 15.2. The molecule has 6 nitrogen and oxygen atoms in total. The van der Waals surface area contributed by atoms with Gasteiger partial charge >= 0.3 is 0 Å². The van der Waals surface area contributed by atoms with Gasteiger partial charge in [-0.2, -0.15) is 5.10 Å². The summed E-state index contributed by atoms with van der Waals surface area (Å²) in [5.74, 6) is 1.61. The molecule has 0 N–H and O–H groups in total. The second-order valence-corrected chi connectivity index (χ2v) is 7.32. The number of halogens is 1. The zero-order valence-electron chi connectivity index (χ0n) is 17.0. The smallest absolute Gasteiger partial charge is 0.206 e. The van der Waals surface area contributed by atoms with Crippen LogP contribution in [0.5, 0.6) is 11.5 Å². The van der Waals surface area contributed by atoms with Gasteiger partial charge in [-0.1, -0.05) is 12.1 Å². The molecule has 0 bridgehead atoms. The topological polar surface area (TPSA) is 61.2 Å². The number of ether oxygens (including phenoxy) is 2. The minimum absolute atomic E-state index is 0.275. The highest BCUT2D eigenvalue weighted by Gasteiger charge is 2.10. The average Bonchev–Trinajstić information content (AvgIpc) is 3.47. The average molecular weight is 437 g/mol.